The van der Waals surface area contributed by atoms with Crippen LogP contribution in [-0.4, -0.2) is 13.0 Å². The van der Waals surface area contributed by atoms with Crippen molar-refractivity contribution in [1.29, 1.82) is 5.26 Å². The van der Waals surface area contributed by atoms with Gasteiger partial charge in [-0.15, -0.1) is 0 Å². The topological polar surface area (TPSA) is 76.1 Å². The van der Waals surface area contributed by atoms with E-state index < -0.39 is 5.91 Å². The first-order valence-electron chi connectivity index (χ1n) is 4.52. The van der Waals surface area contributed by atoms with Gasteiger partial charge >= 0.3 is 0 Å². The summed E-state index contributed by atoms with van der Waals surface area (Å²) in [5, 5.41) is 8.34. The van der Waals surface area contributed by atoms with Crippen LogP contribution < -0.4 is 10.5 Å². The highest BCUT2D eigenvalue weighted by Crippen LogP contribution is 2.16. The fraction of sp³-hybridized carbons (Fsp3) is 0.167. The summed E-state index contributed by atoms with van der Waals surface area (Å²) < 4.78 is 4.98. The van der Waals surface area contributed by atoms with Gasteiger partial charge in [-0.3, -0.25) is 4.79 Å². The Labute approximate surface area is 93.6 Å². The molecule has 0 heterocycles. The Bertz CT molecular complexity index is 504. The molecule has 2 N–H and O–H groups in total. The minimum atomic E-state index is -0.569. The van der Waals surface area contributed by atoms with Crippen molar-refractivity contribution in [3.05, 3.63) is 29.3 Å². The molecule has 0 aliphatic rings. The van der Waals surface area contributed by atoms with Gasteiger partial charge in [-0.25, -0.2) is 0 Å². The molecule has 0 atom stereocenters. The van der Waals surface area contributed by atoms with Gasteiger partial charge in [0.15, 0.2) is 0 Å². The first kappa shape index (κ1) is 11.6. The Balaban J connectivity index is 3.15. The number of ether oxygens (including phenoxy) is 1. The van der Waals surface area contributed by atoms with E-state index in [0.29, 0.717) is 16.9 Å². The summed E-state index contributed by atoms with van der Waals surface area (Å²) in [6.07, 6.45) is 0.115. The van der Waals surface area contributed by atoms with Crippen molar-refractivity contribution in [2.75, 3.05) is 7.11 Å². The van der Waals surface area contributed by atoms with Gasteiger partial charge in [0, 0.05) is 5.56 Å². The molecule has 16 heavy (non-hydrogen) atoms. The molecule has 4 nitrogen and oxygen atoms in total. The highest BCUT2D eigenvalue weighted by Gasteiger charge is 2.07. The van der Waals surface area contributed by atoms with Crippen LogP contribution in [0.2, 0.25) is 0 Å². The van der Waals surface area contributed by atoms with E-state index in [9.17, 15) is 4.79 Å². The monoisotopic (exact) mass is 214 g/mol. The molecule has 0 aliphatic carbocycles. The number of primary amides is 1. The zero-order valence-electron chi connectivity index (χ0n) is 8.78. The van der Waals surface area contributed by atoms with E-state index in [4.69, 9.17) is 15.7 Å². The van der Waals surface area contributed by atoms with Crippen molar-refractivity contribution < 1.29 is 9.53 Å². The minimum Gasteiger partial charge on any atom is -0.497 e. The summed E-state index contributed by atoms with van der Waals surface area (Å²) in [4.78, 5) is 11.2. The van der Waals surface area contributed by atoms with Crippen molar-refractivity contribution in [1.82, 2.24) is 0 Å². The fourth-order valence-electron chi connectivity index (χ4n) is 1.14. The van der Waals surface area contributed by atoms with Crippen LogP contribution >= 0.6 is 0 Å². The maximum atomic E-state index is 11.2. The molecule has 1 rings (SSSR count). The molecule has 0 spiro atoms. The summed E-state index contributed by atoms with van der Waals surface area (Å²) in [7, 11) is 1.50. The van der Waals surface area contributed by atoms with Crippen LogP contribution in [0, 0.1) is 23.2 Å². The Kier molecular flexibility index (Phi) is 3.94. The van der Waals surface area contributed by atoms with Crippen LogP contribution in [0.3, 0.4) is 0 Å². The maximum absolute atomic E-state index is 11.2. The van der Waals surface area contributed by atoms with Crippen LogP contribution in [0.25, 0.3) is 0 Å². The highest BCUT2D eigenvalue weighted by molar-refractivity contribution is 5.95. The predicted octanol–water partition coefficient (Wildman–Crippen LogP) is 1.06. The third-order valence-electron chi connectivity index (χ3n) is 1.88. The van der Waals surface area contributed by atoms with E-state index in [0.717, 1.165) is 0 Å². The largest absolute Gasteiger partial charge is 0.497 e. The molecule has 0 aromatic heterocycles. The van der Waals surface area contributed by atoms with E-state index in [1.54, 1.807) is 12.1 Å². The van der Waals surface area contributed by atoms with Crippen molar-refractivity contribution in [2.45, 2.75) is 6.42 Å². The number of methoxy groups -OCH3 is 1. The molecule has 1 aromatic carbocycles. The van der Waals surface area contributed by atoms with Crippen molar-refractivity contribution in [2.24, 2.45) is 5.73 Å². The van der Waals surface area contributed by atoms with Gasteiger partial charge in [0.25, 0.3) is 0 Å². The van der Waals surface area contributed by atoms with Gasteiger partial charge in [0.1, 0.15) is 5.75 Å². The maximum Gasteiger partial charge on any atom is 0.250 e. The Morgan fingerprint density at radius 1 is 1.56 bits per heavy atom. The van der Waals surface area contributed by atoms with Gasteiger partial charge in [-0.05, 0) is 18.2 Å². The summed E-state index contributed by atoms with van der Waals surface area (Å²) >= 11 is 0. The average molecular weight is 214 g/mol. The van der Waals surface area contributed by atoms with Crippen molar-refractivity contribution >= 4 is 5.91 Å². The molecule has 1 aromatic rings. The normalized spacial score (nSPS) is 8.50. The standard InChI is InChI=1S/C12H10N2O2/c1-16-10-6-5-9(4-2-3-7-13)11(8-10)12(14)15/h5-6,8H,3H2,1H3,(H2,14,15). The van der Waals surface area contributed by atoms with Crippen LogP contribution in [-0.2, 0) is 0 Å². The molecule has 0 unspecified atom stereocenters. The third-order valence-corrected chi connectivity index (χ3v) is 1.88. The molecular weight excluding hydrogens is 204 g/mol. The van der Waals surface area contributed by atoms with Gasteiger partial charge in [-0.1, -0.05) is 11.8 Å². The summed E-state index contributed by atoms with van der Waals surface area (Å²) in [6, 6.07) is 6.75. The van der Waals surface area contributed by atoms with Gasteiger partial charge < -0.3 is 10.5 Å². The lowest BCUT2D eigenvalue weighted by Gasteiger charge is -2.03. The average Bonchev–Trinajstić information content (AvgIpc) is 2.29. The smallest absolute Gasteiger partial charge is 0.250 e. The Hall–Kier alpha value is -2.46. The quantitative estimate of drug-likeness (QED) is 0.748. The van der Waals surface area contributed by atoms with Gasteiger partial charge in [0.05, 0.1) is 25.2 Å². The second-order valence-corrected chi connectivity index (χ2v) is 2.91. The number of carbonyl (C=O) groups excluding carboxylic acids is 1. The summed E-state index contributed by atoms with van der Waals surface area (Å²) in [6.45, 7) is 0. The molecule has 0 saturated heterocycles. The minimum absolute atomic E-state index is 0.115. The van der Waals surface area contributed by atoms with E-state index in [-0.39, 0.29) is 6.42 Å². The lowest BCUT2D eigenvalue weighted by molar-refractivity contribution is 0.0999. The number of benzene rings is 1. The highest BCUT2D eigenvalue weighted by atomic mass is 16.5. The number of carbonyl (C=O) groups is 1. The summed E-state index contributed by atoms with van der Waals surface area (Å²) in [5.41, 5.74) is 6.01. The third kappa shape index (κ3) is 2.76. The molecule has 0 fully saturated rings. The van der Waals surface area contributed by atoms with Crippen LogP contribution in [0.15, 0.2) is 18.2 Å². The van der Waals surface area contributed by atoms with Crippen LogP contribution in [0.4, 0.5) is 0 Å². The Morgan fingerprint density at radius 2 is 2.31 bits per heavy atom. The number of amides is 1. The van der Waals surface area contributed by atoms with Gasteiger partial charge in [0.2, 0.25) is 5.91 Å². The van der Waals surface area contributed by atoms with Crippen LogP contribution in [0.5, 0.6) is 5.75 Å². The summed E-state index contributed by atoms with van der Waals surface area (Å²) in [5.74, 6) is 5.31. The second kappa shape index (κ2) is 5.43. The first-order chi connectivity index (χ1) is 7.69. The van der Waals surface area contributed by atoms with E-state index >= 15 is 0 Å². The lowest BCUT2D eigenvalue weighted by Crippen LogP contribution is -2.13. The molecule has 0 saturated carbocycles. The fourth-order valence-corrected chi connectivity index (χ4v) is 1.14. The second-order valence-electron chi connectivity index (χ2n) is 2.91. The number of nitrogens with two attached hydrogens (primary N) is 1. The Morgan fingerprint density at radius 3 is 2.88 bits per heavy atom. The predicted molar refractivity (Wildman–Crippen MR) is 58.6 cm³/mol. The van der Waals surface area contributed by atoms with Crippen LogP contribution in [0.1, 0.15) is 22.3 Å². The van der Waals surface area contributed by atoms with E-state index in [2.05, 4.69) is 11.8 Å². The van der Waals surface area contributed by atoms with Crippen molar-refractivity contribution in [3.63, 3.8) is 0 Å². The number of nitrogens with zero attached hydrogens (tertiary/aromatic N) is 1. The molecule has 1 amide bonds. The molecule has 0 aliphatic heterocycles. The number of hydrogen-bond donors (Lipinski definition) is 1. The van der Waals surface area contributed by atoms with E-state index in [1.807, 2.05) is 6.07 Å². The molecule has 0 radical (unpaired) electrons. The molecule has 0 bridgehead atoms. The van der Waals surface area contributed by atoms with Crippen molar-refractivity contribution in [3.8, 4) is 23.7 Å². The number of rotatable bonds is 2. The zero-order valence-corrected chi connectivity index (χ0v) is 8.78. The van der Waals surface area contributed by atoms with Gasteiger partial charge in [-0.2, -0.15) is 5.26 Å². The first-order valence-corrected chi connectivity index (χ1v) is 4.52. The molecular formula is C12H10N2O2. The number of hydrogen-bond acceptors (Lipinski definition) is 3. The zero-order chi connectivity index (χ0) is 12.0. The lowest BCUT2D eigenvalue weighted by atomic mass is 10.1. The molecule has 80 valence electrons. The number of nitriles is 1. The SMILES string of the molecule is COc1ccc(C#CCC#N)c(C(N)=O)c1. The molecule has 4 heteroatoms. The van der Waals surface area contributed by atoms with E-state index in [1.165, 1.54) is 13.2 Å².